The molecule has 0 bridgehead atoms. The summed E-state index contributed by atoms with van der Waals surface area (Å²) >= 11 is 0. The fraction of sp³-hybridized carbons (Fsp3) is 0.238. The minimum atomic E-state index is -0.270. The van der Waals surface area contributed by atoms with Crippen LogP contribution in [0.5, 0.6) is 5.75 Å². The van der Waals surface area contributed by atoms with Gasteiger partial charge < -0.3 is 14.2 Å². The van der Waals surface area contributed by atoms with Gasteiger partial charge in [-0.2, -0.15) is 10.1 Å². The second kappa shape index (κ2) is 7.05. The van der Waals surface area contributed by atoms with Crippen molar-refractivity contribution in [2.45, 2.75) is 18.9 Å². The molecule has 5 rings (SSSR count). The Morgan fingerprint density at radius 2 is 2.03 bits per heavy atom. The highest BCUT2D eigenvalue weighted by molar-refractivity contribution is 6.04. The average molecular weight is 389 g/mol. The quantitative estimate of drug-likeness (QED) is 0.573. The van der Waals surface area contributed by atoms with Crippen LogP contribution in [0.3, 0.4) is 0 Å². The van der Waals surface area contributed by atoms with E-state index >= 15 is 0 Å². The molecular weight excluding hydrogens is 370 g/mol. The fourth-order valence-electron chi connectivity index (χ4n) is 3.84. The summed E-state index contributed by atoms with van der Waals surface area (Å²) in [4.78, 5) is 19.6. The van der Waals surface area contributed by atoms with E-state index in [0.717, 1.165) is 29.3 Å². The van der Waals surface area contributed by atoms with Gasteiger partial charge in [-0.25, -0.2) is 0 Å². The van der Waals surface area contributed by atoms with Gasteiger partial charge in [0.2, 0.25) is 11.7 Å². The number of fused-ring (bicyclic) bond motifs is 1. The molecule has 1 amide bonds. The largest absolute Gasteiger partial charge is 0.496 e. The summed E-state index contributed by atoms with van der Waals surface area (Å²) in [5.74, 6) is 1.41. The standard InChI is InChI=1S/C21H19N5O3/c1-28-17-11-5-3-8-14(17)19-22-20(29-25-19)16-10-6-12-26(16)21(27)18-13-7-2-4-9-15(13)23-24-18/h2-5,7-9,11,16H,6,10,12H2,1H3,(H,23,24)/t16-/m1/s1. The Labute approximate surface area is 166 Å². The first-order chi connectivity index (χ1) is 14.3. The molecule has 146 valence electrons. The first kappa shape index (κ1) is 17.4. The van der Waals surface area contributed by atoms with Crippen molar-refractivity contribution in [1.29, 1.82) is 0 Å². The number of nitrogens with one attached hydrogen (secondary N) is 1. The van der Waals surface area contributed by atoms with E-state index in [0.29, 0.717) is 29.7 Å². The van der Waals surface area contributed by atoms with Crippen LogP contribution in [0.1, 0.15) is 35.3 Å². The number of likely N-dealkylation sites (tertiary alicyclic amines) is 1. The van der Waals surface area contributed by atoms with Crippen LogP contribution in [0.15, 0.2) is 53.1 Å². The van der Waals surface area contributed by atoms with Crippen LogP contribution in [0, 0.1) is 0 Å². The summed E-state index contributed by atoms with van der Waals surface area (Å²) < 4.78 is 10.9. The summed E-state index contributed by atoms with van der Waals surface area (Å²) in [6.45, 7) is 0.622. The number of aromatic nitrogens is 4. The number of carbonyl (C=O) groups is 1. The Hall–Kier alpha value is -3.68. The van der Waals surface area contributed by atoms with Crippen LogP contribution in [-0.4, -0.2) is 44.8 Å². The minimum Gasteiger partial charge on any atom is -0.496 e. The molecule has 0 spiro atoms. The Morgan fingerprint density at radius 1 is 1.21 bits per heavy atom. The van der Waals surface area contributed by atoms with Crippen molar-refractivity contribution >= 4 is 16.8 Å². The number of rotatable bonds is 4. The first-order valence-electron chi connectivity index (χ1n) is 9.47. The molecule has 1 aliphatic heterocycles. The van der Waals surface area contributed by atoms with Crippen LogP contribution in [-0.2, 0) is 0 Å². The summed E-state index contributed by atoms with van der Waals surface area (Å²) in [5.41, 5.74) is 2.00. The third kappa shape index (κ3) is 2.93. The second-order valence-corrected chi connectivity index (χ2v) is 6.93. The minimum absolute atomic E-state index is 0.137. The molecular formula is C21H19N5O3. The molecule has 8 heteroatoms. The van der Waals surface area contributed by atoms with Gasteiger partial charge in [0, 0.05) is 11.9 Å². The number of benzene rings is 2. The van der Waals surface area contributed by atoms with Gasteiger partial charge in [0.15, 0.2) is 5.69 Å². The number of aromatic amines is 1. The lowest BCUT2D eigenvalue weighted by Crippen LogP contribution is -2.31. The molecule has 3 heterocycles. The average Bonchev–Trinajstić information content (AvgIpc) is 3.52. The molecule has 1 saturated heterocycles. The summed E-state index contributed by atoms with van der Waals surface area (Å²) in [5, 5.41) is 12.1. The Morgan fingerprint density at radius 3 is 2.93 bits per heavy atom. The number of hydrogen-bond donors (Lipinski definition) is 1. The monoisotopic (exact) mass is 389 g/mol. The predicted molar refractivity (Wildman–Crippen MR) is 105 cm³/mol. The molecule has 29 heavy (non-hydrogen) atoms. The van der Waals surface area contributed by atoms with Crippen LogP contribution in [0.2, 0.25) is 0 Å². The van der Waals surface area contributed by atoms with Crippen LogP contribution in [0.25, 0.3) is 22.3 Å². The number of ether oxygens (including phenoxy) is 1. The zero-order chi connectivity index (χ0) is 19.8. The maximum absolute atomic E-state index is 13.2. The molecule has 2 aromatic heterocycles. The molecule has 1 N–H and O–H groups in total. The van der Waals surface area contributed by atoms with Crippen molar-refractivity contribution in [2.75, 3.05) is 13.7 Å². The van der Waals surface area contributed by atoms with Gasteiger partial charge in [0.25, 0.3) is 5.91 Å². The van der Waals surface area contributed by atoms with E-state index in [1.165, 1.54) is 0 Å². The topological polar surface area (TPSA) is 97.1 Å². The van der Waals surface area contributed by atoms with Gasteiger partial charge in [-0.15, -0.1) is 0 Å². The summed E-state index contributed by atoms with van der Waals surface area (Å²) in [6.07, 6.45) is 1.63. The van der Waals surface area contributed by atoms with Crippen molar-refractivity contribution in [2.24, 2.45) is 0 Å². The molecule has 0 aliphatic carbocycles. The van der Waals surface area contributed by atoms with E-state index in [1.54, 1.807) is 12.0 Å². The number of para-hydroxylation sites is 2. The summed E-state index contributed by atoms with van der Waals surface area (Å²) in [6, 6.07) is 14.8. The van der Waals surface area contributed by atoms with Gasteiger partial charge in [-0.05, 0) is 31.0 Å². The highest BCUT2D eigenvalue weighted by atomic mass is 16.5. The van der Waals surface area contributed by atoms with Crippen molar-refractivity contribution in [3.05, 3.63) is 60.1 Å². The molecule has 1 fully saturated rings. The van der Waals surface area contributed by atoms with E-state index in [9.17, 15) is 4.79 Å². The van der Waals surface area contributed by atoms with Crippen molar-refractivity contribution in [3.63, 3.8) is 0 Å². The number of carbonyl (C=O) groups excluding carboxylic acids is 1. The Kier molecular flexibility index (Phi) is 4.23. The van der Waals surface area contributed by atoms with Crippen molar-refractivity contribution in [3.8, 4) is 17.1 Å². The predicted octanol–water partition coefficient (Wildman–Crippen LogP) is 3.60. The van der Waals surface area contributed by atoms with E-state index in [-0.39, 0.29) is 11.9 Å². The molecule has 0 radical (unpaired) electrons. The zero-order valence-electron chi connectivity index (χ0n) is 15.8. The van der Waals surface area contributed by atoms with E-state index in [4.69, 9.17) is 9.26 Å². The maximum atomic E-state index is 13.2. The molecule has 2 aromatic carbocycles. The van der Waals surface area contributed by atoms with Gasteiger partial charge in [-0.1, -0.05) is 35.5 Å². The highest BCUT2D eigenvalue weighted by Crippen LogP contribution is 2.35. The normalized spacial score (nSPS) is 16.4. The van der Waals surface area contributed by atoms with Crippen molar-refractivity contribution in [1.82, 2.24) is 25.2 Å². The third-order valence-electron chi connectivity index (χ3n) is 5.26. The van der Waals surface area contributed by atoms with Gasteiger partial charge >= 0.3 is 0 Å². The van der Waals surface area contributed by atoms with Crippen LogP contribution < -0.4 is 4.74 Å². The fourth-order valence-corrected chi connectivity index (χ4v) is 3.84. The Bertz CT molecular complexity index is 1180. The van der Waals surface area contributed by atoms with E-state index < -0.39 is 0 Å². The lowest BCUT2D eigenvalue weighted by Gasteiger charge is -2.20. The maximum Gasteiger partial charge on any atom is 0.275 e. The third-order valence-corrected chi connectivity index (χ3v) is 5.26. The zero-order valence-corrected chi connectivity index (χ0v) is 15.8. The van der Waals surface area contributed by atoms with E-state index in [1.807, 2.05) is 48.5 Å². The number of methoxy groups -OCH3 is 1. The SMILES string of the molecule is COc1ccccc1-c1noc([C@H]2CCCN2C(=O)c2n[nH]c3ccccc23)n1. The number of hydrogen-bond acceptors (Lipinski definition) is 6. The lowest BCUT2D eigenvalue weighted by molar-refractivity contribution is 0.0706. The smallest absolute Gasteiger partial charge is 0.275 e. The number of nitrogens with zero attached hydrogens (tertiary/aromatic N) is 4. The van der Waals surface area contributed by atoms with E-state index in [2.05, 4.69) is 20.3 Å². The molecule has 4 aromatic rings. The molecule has 0 unspecified atom stereocenters. The Balaban J connectivity index is 1.46. The second-order valence-electron chi connectivity index (χ2n) is 6.93. The van der Waals surface area contributed by atoms with Crippen LogP contribution in [0.4, 0.5) is 0 Å². The van der Waals surface area contributed by atoms with Crippen molar-refractivity contribution < 1.29 is 14.1 Å². The molecule has 1 atom stereocenters. The summed E-state index contributed by atoms with van der Waals surface area (Å²) in [7, 11) is 1.60. The van der Waals surface area contributed by atoms with Gasteiger partial charge in [0.1, 0.15) is 11.8 Å². The number of amides is 1. The highest BCUT2D eigenvalue weighted by Gasteiger charge is 2.36. The molecule has 0 saturated carbocycles. The first-order valence-corrected chi connectivity index (χ1v) is 9.47. The molecule has 1 aliphatic rings. The lowest BCUT2D eigenvalue weighted by atomic mass is 10.1. The van der Waals surface area contributed by atoms with Gasteiger partial charge in [0.05, 0.1) is 18.2 Å². The van der Waals surface area contributed by atoms with Crippen LogP contribution >= 0.6 is 0 Å². The molecule has 8 nitrogen and oxygen atoms in total. The number of H-pyrrole nitrogens is 1. The van der Waals surface area contributed by atoms with Gasteiger partial charge in [-0.3, -0.25) is 9.89 Å².